The van der Waals surface area contributed by atoms with Gasteiger partial charge in [0.15, 0.2) is 17.3 Å². The average Bonchev–Trinajstić information content (AvgIpc) is 2.98. The van der Waals surface area contributed by atoms with E-state index in [1.165, 1.54) is 67.5 Å². The Kier molecular flexibility index (Phi) is 8.50. The number of nitrogens with zero attached hydrogens (tertiary/aromatic N) is 2. The van der Waals surface area contributed by atoms with Gasteiger partial charge in [-0.05, 0) is 50.5 Å². The lowest BCUT2D eigenvalue weighted by Crippen LogP contribution is -2.68. The molecule has 1 aromatic carbocycles. The highest BCUT2D eigenvalue weighted by Gasteiger charge is 2.54. The summed E-state index contributed by atoms with van der Waals surface area (Å²) in [5.74, 6) is 5.73. The third-order valence-electron chi connectivity index (χ3n) is 11.6. The molecule has 0 spiro atoms. The smallest absolute Gasteiger partial charge is 0.161 e. The summed E-state index contributed by atoms with van der Waals surface area (Å²) >= 11 is 0. The summed E-state index contributed by atoms with van der Waals surface area (Å²) in [6.07, 6.45) is 9.45. The molecule has 3 heterocycles. The number of ether oxygens (including phenoxy) is 4. The summed E-state index contributed by atoms with van der Waals surface area (Å²) in [6, 6.07) is 5.72. The first-order valence-electron chi connectivity index (χ1n) is 15.7. The normalized spacial score (nSPS) is 35.2. The maximum Gasteiger partial charge on any atom is 0.161 e. The molecule has 1 aliphatic carbocycles. The third kappa shape index (κ3) is 4.93. The van der Waals surface area contributed by atoms with Crippen molar-refractivity contribution >= 4 is 0 Å². The molecule has 4 aliphatic rings. The van der Waals surface area contributed by atoms with Crippen molar-refractivity contribution in [2.24, 2.45) is 17.8 Å². The van der Waals surface area contributed by atoms with E-state index in [-0.39, 0.29) is 0 Å². The Morgan fingerprint density at radius 2 is 1.62 bits per heavy atom. The van der Waals surface area contributed by atoms with Gasteiger partial charge < -0.3 is 27.9 Å². The molecule has 0 amide bonds. The largest absolute Gasteiger partial charge is 0.497 e. The predicted octanol–water partition coefficient (Wildman–Crippen LogP) is 6.26. The number of methoxy groups -OCH3 is 4. The van der Waals surface area contributed by atoms with Crippen LogP contribution < -0.4 is 9.47 Å². The second-order valence-electron chi connectivity index (χ2n) is 13.3. The van der Waals surface area contributed by atoms with E-state index >= 15 is 0 Å². The Balaban J connectivity index is 1.37. The lowest BCUT2D eigenvalue weighted by molar-refractivity contribution is -0.968. The number of fused-ring (bicyclic) bond motifs is 4. The molecule has 0 N–H and O–H groups in total. The van der Waals surface area contributed by atoms with Gasteiger partial charge in [-0.3, -0.25) is 0 Å². The molecule has 6 heteroatoms. The molecular formula is C34H54N2O4+2. The monoisotopic (exact) mass is 554 g/mol. The van der Waals surface area contributed by atoms with Crippen LogP contribution in [0.4, 0.5) is 0 Å². The van der Waals surface area contributed by atoms with Crippen LogP contribution in [0.15, 0.2) is 35.3 Å². The number of likely N-dealkylation sites (N-methyl/N-ethyl adjacent to an activating group) is 1. The maximum atomic E-state index is 5.83. The van der Waals surface area contributed by atoms with E-state index in [0.29, 0.717) is 23.9 Å². The molecule has 0 saturated carbocycles. The first-order valence-corrected chi connectivity index (χ1v) is 15.7. The van der Waals surface area contributed by atoms with E-state index in [0.717, 1.165) is 52.8 Å². The van der Waals surface area contributed by atoms with Crippen molar-refractivity contribution in [1.29, 1.82) is 0 Å². The van der Waals surface area contributed by atoms with Crippen molar-refractivity contribution in [2.45, 2.75) is 71.4 Å². The van der Waals surface area contributed by atoms with Crippen molar-refractivity contribution in [3.63, 3.8) is 0 Å². The Morgan fingerprint density at radius 3 is 2.27 bits per heavy atom. The molecule has 2 saturated heterocycles. The molecule has 7 unspecified atom stereocenters. The van der Waals surface area contributed by atoms with Crippen LogP contribution in [0.1, 0.15) is 70.0 Å². The number of rotatable bonds is 9. The van der Waals surface area contributed by atoms with E-state index < -0.39 is 0 Å². The summed E-state index contributed by atoms with van der Waals surface area (Å²) in [6.45, 7) is 13.5. The first kappa shape index (κ1) is 29.3. The van der Waals surface area contributed by atoms with Crippen LogP contribution in [0.5, 0.6) is 11.5 Å². The zero-order valence-corrected chi connectivity index (χ0v) is 26.4. The van der Waals surface area contributed by atoms with E-state index in [1.54, 1.807) is 34.0 Å². The lowest BCUT2D eigenvalue weighted by Gasteiger charge is -2.58. The Morgan fingerprint density at radius 1 is 0.875 bits per heavy atom. The van der Waals surface area contributed by atoms with Crippen molar-refractivity contribution in [3.8, 4) is 11.5 Å². The molecule has 2 fully saturated rings. The van der Waals surface area contributed by atoms with Crippen LogP contribution in [0.25, 0.3) is 0 Å². The highest BCUT2D eigenvalue weighted by molar-refractivity contribution is 5.49. The number of hydrogen-bond acceptors (Lipinski definition) is 4. The van der Waals surface area contributed by atoms with Gasteiger partial charge in [-0.25, -0.2) is 0 Å². The van der Waals surface area contributed by atoms with E-state index in [4.69, 9.17) is 18.9 Å². The molecule has 222 valence electrons. The SMILES string of the molecule is CC[N+]1(C)CCc2cc(OC)c(OC)cc2C1CCC1CC(C)C2C3CC(OC)=C(OC)C=C3CC[N+]2(CC)C1. The summed E-state index contributed by atoms with van der Waals surface area (Å²) < 4.78 is 25.3. The number of allylic oxidation sites excluding steroid dienone is 2. The van der Waals surface area contributed by atoms with E-state index in [9.17, 15) is 0 Å². The maximum absolute atomic E-state index is 5.83. The molecule has 6 nitrogen and oxygen atoms in total. The standard InChI is InChI=1S/C34H54N2O4/c1-9-35(4)15-13-25-18-30(37-5)32(39-7)20-27(25)29(35)12-11-24-17-23(3)34-28-21-33(40-8)31(38-6)19-26(28)14-16-36(34,10-2)22-24/h18-20,23-24,28-29,34H,9-17,21-22H2,1-8H3/q+2. The summed E-state index contributed by atoms with van der Waals surface area (Å²) in [4.78, 5) is 0. The summed E-state index contributed by atoms with van der Waals surface area (Å²) in [5.41, 5.74) is 4.53. The van der Waals surface area contributed by atoms with Crippen molar-refractivity contribution in [2.75, 3.05) is 68.2 Å². The van der Waals surface area contributed by atoms with Crippen LogP contribution in [-0.2, 0) is 15.9 Å². The van der Waals surface area contributed by atoms with Gasteiger partial charge in [0.05, 0.1) is 74.3 Å². The van der Waals surface area contributed by atoms with E-state index in [2.05, 4.69) is 46.0 Å². The average molecular weight is 555 g/mol. The van der Waals surface area contributed by atoms with Gasteiger partial charge in [0, 0.05) is 49.0 Å². The Bertz CT molecular complexity index is 1140. The topological polar surface area (TPSA) is 36.9 Å². The molecule has 0 radical (unpaired) electrons. The second-order valence-corrected chi connectivity index (χ2v) is 13.3. The number of piperidine rings is 2. The lowest BCUT2D eigenvalue weighted by atomic mass is 9.67. The third-order valence-corrected chi connectivity index (χ3v) is 11.6. The number of quaternary nitrogens is 2. The van der Waals surface area contributed by atoms with Gasteiger partial charge in [0.25, 0.3) is 0 Å². The molecule has 0 aromatic heterocycles. The predicted molar refractivity (Wildman–Crippen MR) is 160 cm³/mol. The molecule has 3 aliphatic heterocycles. The second kappa shape index (κ2) is 11.6. The Hall–Kier alpha value is -2.18. The number of benzene rings is 1. The minimum Gasteiger partial charge on any atom is -0.497 e. The van der Waals surface area contributed by atoms with Crippen LogP contribution >= 0.6 is 0 Å². The minimum atomic E-state index is 0.507. The Labute approximate surface area is 243 Å². The van der Waals surface area contributed by atoms with Crippen LogP contribution in [0.3, 0.4) is 0 Å². The van der Waals surface area contributed by atoms with Gasteiger partial charge in [-0.1, -0.05) is 12.5 Å². The van der Waals surface area contributed by atoms with Gasteiger partial charge in [-0.2, -0.15) is 0 Å². The first-order chi connectivity index (χ1) is 19.3. The summed E-state index contributed by atoms with van der Waals surface area (Å²) in [5, 5.41) is 0. The highest BCUT2D eigenvalue weighted by atomic mass is 16.5. The zero-order chi connectivity index (χ0) is 28.7. The van der Waals surface area contributed by atoms with Crippen LogP contribution in [0.2, 0.25) is 0 Å². The number of hydrogen-bond donors (Lipinski definition) is 0. The van der Waals surface area contributed by atoms with Crippen molar-refractivity contribution in [1.82, 2.24) is 0 Å². The molecule has 5 rings (SSSR count). The summed E-state index contributed by atoms with van der Waals surface area (Å²) in [7, 11) is 9.55. The van der Waals surface area contributed by atoms with Crippen LogP contribution in [0, 0.1) is 17.8 Å². The molecule has 0 bridgehead atoms. The molecule has 1 aromatic rings. The zero-order valence-electron chi connectivity index (χ0n) is 26.4. The fourth-order valence-corrected chi connectivity index (χ4v) is 9.31. The van der Waals surface area contributed by atoms with Crippen LogP contribution in [-0.4, -0.2) is 83.2 Å². The quantitative estimate of drug-likeness (QED) is 0.338. The highest BCUT2D eigenvalue weighted by Crippen LogP contribution is 2.50. The van der Waals surface area contributed by atoms with Gasteiger partial charge in [0.2, 0.25) is 0 Å². The van der Waals surface area contributed by atoms with Crippen molar-refractivity contribution < 1.29 is 27.9 Å². The van der Waals surface area contributed by atoms with Gasteiger partial charge in [-0.15, -0.1) is 0 Å². The van der Waals surface area contributed by atoms with Gasteiger partial charge >= 0.3 is 0 Å². The molecule has 7 atom stereocenters. The molecule has 40 heavy (non-hydrogen) atoms. The van der Waals surface area contributed by atoms with Crippen molar-refractivity contribution in [3.05, 3.63) is 46.4 Å². The fraction of sp³-hybridized carbons (Fsp3) is 0.706. The van der Waals surface area contributed by atoms with Gasteiger partial charge in [0.1, 0.15) is 11.8 Å². The molecular weight excluding hydrogens is 500 g/mol. The fourth-order valence-electron chi connectivity index (χ4n) is 9.31. The minimum absolute atomic E-state index is 0.507. The van der Waals surface area contributed by atoms with E-state index in [1.807, 2.05) is 0 Å².